The first-order chi connectivity index (χ1) is 8.74. The van der Waals surface area contributed by atoms with Gasteiger partial charge >= 0.3 is 0 Å². The largest absolute Gasteiger partial charge is 0.492 e. The molecule has 0 aliphatic carbocycles. The zero-order valence-corrected chi connectivity index (χ0v) is 10.4. The average Bonchev–Trinajstić information content (AvgIpc) is 2.37. The lowest BCUT2D eigenvalue weighted by molar-refractivity contribution is 0.332. The maximum Gasteiger partial charge on any atom is 0.126 e. The molecule has 0 spiro atoms. The van der Waals surface area contributed by atoms with Gasteiger partial charge in [0.1, 0.15) is 18.2 Å². The third kappa shape index (κ3) is 3.66. The van der Waals surface area contributed by atoms with Crippen LogP contribution >= 0.6 is 0 Å². The molecule has 0 bridgehead atoms. The monoisotopic (exact) mass is 243 g/mol. The SMILES string of the molecule is Cc1cccc(OCCNc2ccc(N)cn2)c1. The highest BCUT2D eigenvalue weighted by atomic mass is 16.5. The predicted octanol–water partition coefficient (Wildman–Crippen LogP) is 2.46. The number of nitrogen functional groups attached to an aromatic ring is 1. The summed E-state index contributed by atoms with van der Waals surface area (Å²) in [5.74, 6) is 1.69. The van der Waals surface area contributed by atoms with Crippen molar-refractivity contribution in [1.29, 1.82) is 0 Å². The van der Waals surface area contributed by atoms with Crippen molar-refractivity contribution in [3.05, 3.63) is 48.2 Å². The molecule has 18 heavy (non-hydrogen) atoms. The molecule has 0 aliphatic heterocycles. The summed E-state index contributed by atoms with van der Waals surface area (Å²) in [5.41, 5.74) is 7.42. The number of aryl methyl sites for hydroxylation is 1. The third-order valence-corrected chi connectivity index (χ3v) is 2.45. The molecule has 0 aliphatic rings. The Labute approximate surface area is 107 Å². The standard InChI is InChI=1S/C14H17N3O/c1-11-3-2-4-13(9-11)18-8-7-16-14-6-5-12(15)10-17-14/h2-6,9-10H,7-8,15H2,1H3,(H,16,17). The fraction of sp³-hybridized carbons (Fsp3) is 0.214. The smallest absolute Gasteiger partial charge is 0.126 e. The normalized spacial score (nSPS) is 10.1. The van der Waals surface area contributed by atoms with Crippen LogP contribution in [0, 0.1) is 6.92 Å². The third-order valence-electron chi connectivity index (χ3n) is 2.45. The Morgan fingerprint density at radius 3 is 2.89 bits per heavy atom. The first kappa shape index (κ1) is 12.2. The van der Waals surface area contributed by atoms with Crippen LogP contribution in [0.5, 0.6) is 5.75 Å². The van der Waals surface area contributed by atoms with E-state index in [0.717, 1.165) is 11.6 Å². The average molecular weight is 243 g/mol. The van der Waals surface area contributed by atoms with Crippen LogP contribution < -0.4 is 15.8 Å². The molecule has 3 N–H and O–H groups in total. The summed E-state index contributed by atoms with van der Waals surface area (Å²) in [5, 5.41) is 3.17. The van der Waals surface area contributed by atoms with Crippen molar-refractivity contribution in [3.63, 3.8) is 0 Å². The van der Waals surface area contributed by atoms with Gasteiger partial charge in [-0.2, -0.15) is 0 Å². The summed E-state index contributed by atoms with van der Waals surface area (Å²) in [6, 6.07) is 11.7. The van der Waals surface area contributed by atoms with Gasteiger partial charge in [0.2, 0.25) is 0 Å². The Bertz CT molecular complexity index is 497. The number of anilines is 2. The number of hydrogen-bond acceptors (Lipinski definition) is 4. The van der Waals surface area contributed by atoms with Crippen molar-refractivity contribution in [3.8, 4) is 5.75 Å². The lowest BCUT2D eigenvalue weighted by Crippen LogP contribution is -2.12. The Kier molecular flexibility index (Phi) is 4.02. The highest BCUT2D eigenvalue weighted by Crippen LogP contribution is 2.12. The molecule has 4 heteroatoms. The molecule has 1 aromatic heterocycles. The van der Waals surface area contributed by atoms with E-state index >= 15 is 0 Å². The van der Waals surface area contributed by atoms with E-state index in [9.17, 15) is 0 Å². The number of ether oxygens (including phenoxy) is 1. The van der Waals surface area contributed by atoms with Gasteiger partial charge in [-0.05, 0) is 36.8 Å². The van der Waals surface area contributed by atoms with Gasteiger partial charge in [-0.15, -0.1) is 0 Å². The molecule has 0 amide bonds. The van der Waals surface area contributed by atoms with Gasteiger partial charge in [0.15, 0.2) is 0 Å². The quantitative estimate of drug-likeness (QED) is 0.792. The second-order valence-electron chi connectivity index (χ2n) is 4.07. The minimum atomic E-state index is 0.593. The molecule has 0 saturated heterocycles. The fourth-order valence-electron chi connectivity index (χ4n) is 1.56. The van der Waals surface area contributed by atoms with E-state index in [2.05, 4.69) is 10.3 Å². The van der Waals surface area contributed by atoms with Crippen molar-refractivity contribution in [2.45, 2.75) is 6.92 Å². The van der Waals surface area contributed by atoms with Crippen LogP contribution in [0.1, 0.15) is 5.56 Å². The molecule has 0 radical (unpaired) electrons. The maximum absolute atomic E-state index is 5.62. The number of benzene rings is 1. The molecule has 0 fully saturated rings. The Morgan fingerprint density at radius 1 is 1.28 bits per heavy atom. The summed E-state index contributed by atoms with van der Waals surface area (Å²) in [6.07, 6.45) is 1.63. The number of pyridine rings is 1. The highest BCUT2D eigenvalue weighted by molar-refractivity contribution is 5.43. The summed E-state index contributed by atoms with van der Waals surface area (Å²) in [7, 11) is 0. The van der Waals surface area contributed by atoms with Crippen LogP contribution in [0.15, 0.2) is 42.6 Å². The maximum atomic E-state index is 5.62. The lowest BCUT2D eigenvalue weighted by Gasteiger charge is -2.08. The number of rotatable bonds is 5. The summed E-state index contributed by atoms with van der Waals surface area (Å²) < 4.78 is 5.62. The number of nitrogens with two attached hydrogens (primary N) is 1. The van der Waals surface area contributed by atoms with Gasteiger partial charge in [-0.1, -0.05) is 12.1 Å². The molecule has 0 saturated carbocycles. The molecule has 0 unspecified atom stereocenters. The first-order valence-electron chi connectivity index (χ1n) is 5.89. The van der Waals surface area contributed by atoms with Crippen LogP contribution in [0.4, 0.5) is 11.5 Å². The minimum absolute atomic E-state index is 0.593. The summed E-state index contributed by atoms with van der Waals surface area (Å²) in [6.45, 7) is 3.34. The van der Waals surface area contributed by atoms with Crippen molar-refractivity contribution in [2.75, 3.05) is 24.2 Å². The molecular weight excluding hydrogens is 226 g/mol. The van der Waals surface area contributed by atoms with E-state index in [4.69, 9.17) is 10.5 Å². The Morgan fingerprint density at radius 2 is 2.17 bits per heavy atom. The number of hydrogen-bond donors (Lipinski definition) is 2. The number of aromatic nitrogens is 1. The number of nitrogens with zero attached hydrogens (tertiary/aromatic N) is 1. The summed E-state index contributed by atoms with van der Waals surface area (Å²) >= 11 is 0. The van der Waals surface area contributed by atoms with E-state index in [1.807, 2.05) is 43.3 Å². The van der Waals surface area contributed by atoms with E-state index in [1.165, 1.54) is 5.56 Å². The zero-order chi connectivity index (χ0) is 12.8. The van der Waals surface area contributed by atoms with Crippen LogP contribution in [0.3, 0.4) is 0 Å². The predicted molar refractivity (Wildman–Crippen MR) is 73.8 cm³/mol. The van der Waals surface area contributed by atoms with Gasteiger partial charge in [0, 0.05) is 0 Å². The second kappa shape index (κ2) is 5.91. The molecule has 2 aromatic rings. The molecule has 1 aromatic carbocycles. The van der Waals surface area contributed by atoms with Gasteiger partial charge < -0.3 is 15.8 Å². The Balaban J connectivity index is 1.74. The van der Waals surface area contributed by atoms with Crippen LogP contribution in [0.25, 0.3) is 0 Å². The van der Waals surface area contributed by atoms with E-state index < -0.39 is 0 Å². The zero-order valence-electron chi connectivity index (χ0n) is 10.4. The van der Waals surface area contributed by atoms with Gasteiger partial charge in [-0.25, -0.2) is 4.98 Å². The highest BCUT2D eigenvalue weighted by Gasteiger charge is 1.95. The lowest BCUT2D eigenvalue weighted by atomic mass is 10.2. The van der Waals surface area contributed by atoms with Crippen molar-refractivity contribution >= 4 is 11.5 Å². The van der Waals surface area contributed by atoms with Gasteiger partial charge in [0.05, 0.1) is 18.4 Å². The molecule has 94 valence electrons. The van der Waals surface area contributed by atoms with Crippen molar-refractivity contribution in [2.24, 2.45) is 0 Å². The second-order valence-corrected chi connectivity index (χ2v) is 4.07. The van der Waals surface area contributed by atoms with Crippen LogP contribution in [-0.2, 0) is 0 Å². The van der Waals surface area contributed by atoms with Crippen LogP contribution in [-0.4, -0.2) is 18.1 Å². The Hall–Kier alpha value is -2.23. The minimum Gasteiger partial charge on any atom is -0.492 e. The van der Waals surface area contributed by atoms with E-state index in [0.29, 0.717) is 18.8 Å². The van der Waals surface area contributed by atoms with E-state index in [1.54, 1.807) is 6.20 Å². The van der Waals surface area contributed by atoms with Gasteiger partial charge in [-0.3, -0.25) is 0 Å². The van der Waals surface area contributed by atoms with Crippen molar-refractivity contribution in [1.82, 2.24) is 4.98 Å². The van der Waals surface area contributed by atoms with Crippen molar-refractivity contribution < 1.29 is 4.74 Å². The van der Waals surface area contributed by atoms with Crippen LogP contribution in [0.2, 0.25) is 0 Å². The topological polar surface area (TPSA) is 60.2 Å². The van der Waals surface area contributed by atoms with E-state index in [-0.39, 0.29) is 0 Å². The summed E-state index contributed by atoms with van der Waals surface area (Å²) in [4.78, 5) is 4.15. The molecule has 2 rings (SSSR count). The molecule has 1 heterocycles. The number of nitrogens with one attached hydrogen (secondary N) is 1. The fourth-order valence-corrected chi connectivity index (χ4v) is 1.56. The molecule has 0 atom stereocenters. The molecule has 4 nitrogen and oxygen atoms in total. The molecular formula is C14H17N3O. The van der Waals surface area contributed by atoms with Gasteiger partial charge in [0.25, 0.3) is 0 Å². The first-order valence-corrected chi connectivity index (χ1v) is 5.89.